The summed E-state index contributed by atoms with van der Waals surface area (Å²) in [5.41, 5.74) is 1.52. The molecule has 0 heterocycles. The minimum absolute atomic E-state index is 0.0477. The van der Waals surface area contributed by atoms with E-state index in [9.17, 15) is 0 Å². The van der Waals surface area contributed by atoms with Crippen LogP contribution in [0.25, 0.3) is 0 Å². The predicted octanol–water partition coefficient (Wildman–Crippen LogP) is 4.07. The molecular formula is C15H24O. The normalized spacial score (nSPS) is 12.8. The van der Waals surface area contributed by atoms with Crippen molar-refractivity contribution in [3.05, 3.63) is 35.9 Å². The van der Waals surface area contributed by atoms with Crippen LogP contribution in [0.5, 0.6) is 0 Å². The summed E-state index contributed by atoms with van der Waals surface area (Å²) in [4.78, 5) is 0. The molecule has 0 bridgehead atoms. The summed E-state index contributed by atoms with van der Waals surface area (Å²) in [6.07, 6.45) is 1.06. The van der Waals surface area contributed by atoms with Crippen molar-refractivity contribution < 1.29 is 4.74 Å². The molecule has 1 rings (SSSR count). The lowest BCUT2D eigenvalue weighted by Gasteiger charge is -2.29. The van der Waals surface area contributed by atoms with Gasteiger partial charge in [-0.05, 0) is 38.2 Å². The van der Waals surface area contributed by atoms with Crippen LogP contribution in [0.15, 0.2) is 30.3 Å². The fourth-order valence-electron chi connectivity index (χ4n) is 1.61. The van der Waals surface area contributed by atoms with Gasteiger partial charge in [0, 0.05) is 0 Å². The van der Waals surface area contributed by atoms with E-state index in [-0.39, 0.29) is 11.0 Å². The fourth-order valence-corrected chi connectivity index (χ4v) is 1.61. The van der Waals surface area contributed by atoms with Crippen molar-refractivity contribution in [2.45, 2.75) is 46.6 Å². The predicted molar refractivity (Wildman–Crippen MR) is 69.6 cm³/mol. The van der Waals surface area contributed by atoms with Crippen molar-refractivity contribution in [2.24, 2.45) is 5.41 Å². The zero-order valence-electron chi connectivity index (χ0n) is 11.2. The van der Waals surface area contributed by atoms with E-state index in [1.165, 1.54) is 5.56 Å². The smallest absolute Gasteiger partial charge is 0.0598 e. The number of hydrogen-bond donors (Lipinski definition) is 0. The van der Waals surface area contributed by atoms with E-state index >= 15 is 0 Å². The monoisotopic (exact) mass is 220 g/mol. The average molecular weight is 220 g/mol. The number of benzene rings is 1. The van der Waals surface area contributed by atoms with Crippen LogP contribution in [-0.4, -0.2) is 12.2 Å². The second kappa shape index (κ2) is 5.01. The molecule has 0 aliphatic carbocycles. The zero-order chi connectivity index (χ0) is 12.2. The molecule has 0 fully saturated rings. The lowest BCUT2D eigenvalue weighted by atomic mass is 9.86. The summed E-state index contributed by atoms with van der Waals surface area (Å²) in [6.45, 7) is 11.6. The first-order chi connectivity index (χ1) is 7.29. The van der Waals surface area contributed by atoms with E-state index in [1.54, 1.807) is 0 Å². The lowest BCUT2D eigenvalue weighted by Crippen LogP contribution is -2.29. The van der Waals surface area contributed by atoms with Gasteiger partial charge in [0.1, 0.15) is 0 Å². The third-order valence-electron chi connectivity index (χ3n) is 2.42. The summed E-state index contributed by atoms with van der Waals surface area (Å²) in [6, 6.07) is 10.6. The average Bonchev–Trinajstić information content (AvgIpc) is 2.15. The standard InChI is InChI=1S/C15H24O/c1-14(2,3)16-12-15(4,5)11-13-9-7-6-8-10-13/h6-10H,11-12H2,1-5H3. The SMILES string of the molecule is CC(C)(COC(C)(C)C)Cc1ccccc1. The third-order valence-corrected chi connectivity index (χ3v) is 2.42. The minimum Gasteiger partial charge on any atom is -0.375 e. The largest absolute Gasteiger partial charge is 0.375 e. The Hall–Kier alpha value is -0.820. The lowest BCUT2D eigenvalue weighted by molar-refractivity contribution is -0.0427. The molecule has 0 unspecified atom stereocenters. The Morgan fingerprint density at radius 2 is 1.50 bits per heavy atom. The van der Waals surface area contributed by atoms with Crippen molar-refractivity contribution in [1.29, 1.82) is 0 Å². The van der Waals surface area contributed by atoms with Crippen LogP contribution in [0.2, 0.25) is 0 Å². The Bertz CT molecular complexity index is 306. The highest BCUT2D eigenvalue weighted by Crippen LogP contribution is 2.24. The molecule has 0 atom stereocenters. The van der Waals surface area contributed by atoms with E-state index < -0.39 is 0 Å². The quantitative estimate of drug-likeness (QED) is 0.743. The molecule has 0 amide bonds. The van der Waals surface area contributed by atoms with Gasteiger partial charge in [-0.25, -0.2) is 0 Å². The third kappa shape index (κ3) is 5.32. The Morgan fingerprint density at radius 3 is 2.00 bits per heavy atom. The van der Waals surface area contributed by atoms with Gasteiger partial charge < -0.3 is 4.74 Å². The summed E-state index contributed by atoms with van der Waals surface area (Å²) in [5, 5.41) is 0. The number of hydrogen-bond acceptors (Lipinski definition) is 1. The number of ether oxygens (including phenoxy) is 1. The van der Waals surface area contributed by atoms with Gasteiger partial charge in [0.2, 0.25) is 0 Å². The molecule has 0 spiro atoms. The molecule has 90 valence electrons. The second-order valence-corrected chi connectivity index (χ2v) is 6.23. The van der Waals surface area contributed by atoms with E-state index in [0.29, 0.717) is 0 Å². The minimum atomic E-state index is -0.0477. The molecule has 1 aromatic rings. The van der Waals surface area contributed by atoms with Crippen LogP contribution in [-0.2, 0) is 11.2 Å². The van der Waals surface area contributed by atoms with E-state index in [2.05, 4.69) is 65.0 Å². The molecule has 0 radical (unpaired) electrons. The Labute approximate surface area is 99.8 Å². The zero-order valence-corrected chi connectivity index (χ0v) is 11.2. The summed E-state index contributed by atoms with van der Waals surface area (Å²) < 4.78 is 5.87. The van der Waals surface area contributed by atoms with Gasteiger partial charge in [0.05, 0.1) is 12.2 Å². The maximum absolute atomic E-state index is 5.87. The molecule has 1 aromatic carbocycles. The summed E-state index contributed by atoms with van der Waals surface area (Å²) in [5.74, 6) is 0. The Morgan fingerprint density at radius 1 is 0.938 bits per heavy atom. The van der Waals surface area contributed by atoms with Crippen LogP contribution in [0, 0.1) is 5.41 Å². The molecule has 0 N–H and O–H groups in total. The van der Waals surface area contributed by atoms with Crippen molar-refractivity contribution in [1.82, 2.24) is 0 Å². The van der Waals surface area contributed by atoms with Crippen LogP contribution in [0.1, 0.15) is 40.2 Å². The highest BCUT2D eigenvalue weighted by molar-refractivity contribution is 5.16. The van der Waals surface area contributed by atoms with Gasteiger partial charge in [-0.15, -0.1) is 0 Å². The van der Waals surface area contributed by atoms with Crippen molar-refractivity contribution in [3.63, 3.8) is 0 Å². The van der Waals surface area contributed by atoms with Crippen molar-refractivity contribution in [2.75, 3.05) is 6.61 Å². The first-order valence-electron chi connectivity index (χ1n) is 5.96. The molecule has 0 aliphatic rings. The van der Waals surface area contributed by atoms with Gasteiger partial charge in [-0.3, -0.25) is 0 Å². The molecular weight excluding hydrogens is 196 g/mol. The highest BCUT2D eigenvalue weighted by atomic mass is 16.5. The van der Waals surface area contributed by atoms with Gasteiger partial charge in [0.15, 0.2) is 0 Å². The topological polar surface area (TPSA) is 9.23 Å². The van der Waals surface area contributed by atoms with Crippen molar-refractivity contribution in [3.8, 4) is 0 Å². The molecule has 1 heteroatoms. The van der Waals surface area contributed by atoms with Crippen LogP contribution < -0.4 is 0 Å². The van der Waals surface area contributed by atoms with Crippen LogP contribution >= 0.6 is 0 Å². The maximum Gasteiger partial charge on any atom is 0.0598 e. The van der Waals surface area contributed by atoms with Crippen molar-refractivity contribution >= 4 is 0 Å². The van der Waals surface area contributed by atoms with E-state index in [0.717, 1.165) is 13.0 Å². The fraction of sp³-hybridized carbons (Fsp3) is 0.600. The van der Waals surface area contributed by atoms with Gasteiger partial charge in [0.25, 0.3) is 0 Å². The number of rotatable bonds is 4. The highest BCUT2D eigenvalue weighted by Gasteiger charge is 2.22. The Kier molecular flexibility index (Phi) is 4.15. The first kappa shape index (κ1) is 13.2. The van der Waals surface area contributed by atoms with E-state index in [4.69, 9.17) is 4.74 Å². The summed E-state index contributed by atoms with van der Waals surface area (Å²) >= 11 is 0. The van der Waals surface area contributed by atoms with Gasteiger partial charge in [-0.2, -0.15) is 0 Å². The first-order valence-corrected chi connectivity index (χ1v) is 5.96. The van der Waals surface area contributed by atoms with E-state index in [1.807, 2.05) is 0 Å². The molecule has 16 heavy (non-hydrogen) atoms. The molecule has 0 aliphatic heterocycles. The molecule has 0 aromatic heterocycles. The maximum atomic E-state index is 5.87. The molecule has 0 saturated carbocycles. The van der Waals surface area contributed by atoms with Crippen LogP contribution in [0.3, 0.4) is 0 Å². The van der Waals surface area contributed by atoms with Crippen LogP contribution in [0.4, 0.5) is 0 Å². The summed E-state index contributed by atoms with van der Waals surface area (Å²) in [7, 11) is 0. The van der Waals surface area contributed by atoms with Gasteiger partial charge in [-0.1, -0.05) is 44.2 Å². The Balaban J connectivity index is 2.52. The molecule has 0 saturated heterocycles. The second-order valence-electron chi connectivity index (χ2n) is 6.23. The molecule has 1 nitrogen and oxygen atoms in total. The van der Waals surface area contributed by atoms with Gasteiger partial charge >= 0.3 is 0 Å².